The fourth-order valence-corrected chi connectivity index (χ4v) is 3.41. The summed E-state index contributed by atoms with van der Waals surface area (Å²) in [6.07, 6.45) is 4.13. The third-order valence-corrected chi connectivity index (χ3v) is 4.65. The molecule has 2 atom stereocenters. The highest BCUT2D eigenvalue weighted by atomic mass is 19.1. The maximum absolute atomic E-state index is 13.0. The van der Waals surface area contributed by atoms with Gasteiger partial charge in [-0.05, 0) is 56.5 Å². The Bertz CT molecular complexity index is 644. The largest absolute Gasteiger partial charge is 0.426 e. The van der Waals surface area contributed by atoms with Crippen molar-refractivity contribution in [2.45, 2.75) is 51.2 Å². The minimum atomic E-state index is -0.546. The molecule has 1 aliphatic rings. The van der Waals surface area contributed by atoms with Crippen LogP contribution in [-0.4, -0.2) is 39.3 Å². The minimum Gasteiger partial charge on any atom is -0.426 e. The first kappa shape index (κ1) is 17.0. The first-order valence-electron chi connectivity index (χ1n) is 8.58. The van der Waals surface area contributed by atoms with Gasteiger partial charge in [-0.1, -0.05) is 12.1 Å². The third kappa shape index (κ3) is 4.39. The van der Waals surface area contributed by atoms with Crippen LogP contribution in [0, 0.1) is 12.7 Å². The van der Waals surface area contributed by atoms with Crippen LogP contribution in [0.5, 0.6) is 0 Å². The molecule has 0 radical (unpaired) electrons. The van der Waals surface area contributed by atoms with E-state index in [-0.39, 0.29) is 5.82 Å². The van der Waals surface area contributed by atoms with Gasteiger partial charge in [0.1, 0.15) is 5.82 Å². The molecule has 0 aliphatic carbocycles. The molecule has 2 aromatic rings. The number of likely N-dealkylation sites (tertiary alicyclic amines) is 1. The van der Waals surface area contributed by atoms with Gasteiger partial charge >= 0.3 is 0 Å². The molecule has 1 saturated heterocycles. The van der Waals surface area contributed by atoms with E-state index in [9.17, 15) is 9.50 Å². The predicted molar refractivity (Wildman–Crippen MR) is 87.9 cm³/mol. The maximum atomic E-state index is 13.0. The van der Waals surface area contributed by atoms with E-state index in [0.29, 0.717) is 24.2 Å². The number of nitrogens with zero attached hydrogens (tertiary/aromatic N) is 3. The number of benzene rings is 1. The monoisotopic (exact) mass is 333 g/mol. The topological polar surface area (TPSA) is 62.4 Å². The maximum Gasteiger partial charge on any atom is 0.216 e. The van der Waals surface area contributed by atoms with Crippen LogP contribution in [0.2, 0.25) is 0 Å². The molecule has 24 heavy (non-hydrogen) atoms. The Labute approximate surface area is 141 Å². The molecule has 130 valence electrons. The number of halogens is 1. The fraction of sp³-hybridized carbons (Fsp3) is 0.556. The summed E-state index contributed by atoms with van der Waals surface area (Å²) in [6.45, 7) is 3.82. The Morgan fingerprint density at radius 2 is 2.12 bits per heavy atom. The van der Waals surface area contributed by atoms with Crippen molar-refractivity contribution in [3.05, 3.63) is 47.4 Å². The Morgan fingerprint density at radius 3 is 2.83 bits per heavy atom. The van der Waals surface area contributed by atoms with Gasteiger partial charge in [-0.3, -0.25) is 0 Å². The Balaban J connectivity index is 1.48. The van der Waals surface area contributed by atoms with Gasteiger partial charge in [-0.2, -0.15) is 0 Å². The number of aromatic nitrogens is 2. The Hall–Kier alpha value is -1.79. The van der Waals surface area contributed by atoms with Gasteiger partial charge in [-0.15, -0.1) is 10.2 Å². The molecule has 2 heterocycles. The molecule has 1 aromatic carbocycles. The molecule has 0 amide bonds. The van der Waals surface area contributed by atoms with Crippen molar-refractivity contribution in [2.75, 3.05) is 13.1 Å². The van der Waals surface area contributed by atoms with Crippen LogP contribution in [0.25, 0.3) is 0 Å². The van der Waals surface area contributed by atoms with E-state index in [4.69, 9.17) is 4.42 Å². The molecule has 0 saturated carbocycles. The Kier molecular flexibility index (Phi) is 5.58. The second-order valence-corrected chi connectivity index (χ2v) is 6.45. The van der Waals surface area contributed by atoms with E-state index >= 15 is 0 Å². The van der Waals surface area contributed by atoms with Crippen molar-refractivity contribution >= 4 is 0 Å². The molecular weight excluding hydrogens is 309 g/mol. The summed E-state index contributed by atoms with van der Waals surface area (Å²) >= 11 is 0. The molecule has 0 bridgehead atoms. The summed E-state index contributed by atoms with van der Waals surface area (Å²) in [5.74, 6) is 1.02. The number of aliphatic hydroxyl groups excluding tert-OH is 1. The number of aliphatic hydroxyl groups is 1. The fourth-order valence-electron chi connectivity index (χ4n) is 3.41. The lowest BCUT2D eigenvalue weighted by Crippen LogP contribution is -2.32. The first-order valence-corrected chi connectivity index (χ1v) is 8.58. The van der Waals surface area contributed by atoms with Gasteiger partial charge < -0.3 is 14.4 Å². The molecule has 1 N–H and O–H groups in total. The highest BCUT2D eigenvalue weighted by molar-refractivity contribution is 5.18. The van der Waals surface area contributed by atoms with Crippen molar-refractivity contribution < 1.29 is 13.9 Å². The van der Waals surface area contributed by atoms with E-state index in [0.717, 1.165) is 44.3 Å². The lowest BCUT2D eigenvalue weighted by molar-refractivity contribution is 0.120. The number of hydrogen-bond donors (Lipinski definition) is 1. The summed E-state index contributed by atoms with van der Waals surface area (Å²) in [5.41, 5.74) is 0.782. The smallest absolute Gasteiger partial charge is 0.216 e. The predicted octanol–water partition coefficient (Wildman–Crippen LogP) is 3.04. The van der Waals surface area contributed by atoms with Crippen LogP contribution >= 0.6 is 0 Å². The van der Waals surface area contributed by atoms with E-state index in [1.54, 1.807) is 19.1 Å². The van der Waals surface area contributed by atoms with Crippen LogP contribution < -0.4 is 0 Å². The van der Waals surface area contributed by atoms with E-state index in [2.05, 4.69) is 15.1 Å². The summed E-state index contributed by atoms with van der Waals surface area (Å²) < 4.78 is 18.4. The lowest BCUT2D eigenvalue weighted by Gasteiger charge is -2.26. The van der Waals surface area contributed by atoms with Crippen LogP contribution in [-0.2, 0) is 6.42 Å². The van der Waals surface area contributed by atoms with Crippen molar-refractivity contribution in [3.8, 4) is 0 Å². The van der Waals surface area contributed by atoms with Gasteiger partial charge in [0.15, 0.2) is 0 Å². The standard InChI is InChI=1S/C18H24FN3O2/c1-13-20-21-18(24-13)5-3-11-22-10-2-4-16(22)12-17(23)14-6-8-15(19)9-7-14/h6-9,16-17,23H,2-5,10-12H2,1H3. The van der Waals surface area contributed by atoms with Crippen LogP contribution in [0.4, 0.5) is 4.39 Å². The highest BCUT2D eigenvalue weighted by Crippen LogP contribution is 2.27. The average Bonchev–Trinajstić information content (AvgIpc) is 3.17. The molecule has 1 aromatic heterocycles. The average molecular weight is 333 g/mol. The van der Waals surface area contributed by atoms with Crippen molar-refractivity contribution in [1.82, 2.24) is 15.1 Å². The lowest BCUT2D eigenvalue weighted by atomic mass is 10.0. The van der Waals surface area contributed by atoms with Gasteiger partial charge in [0.05, 0.1) is 6.10 Å². The van der Waals surface area contributed by atoms with Crippen LogP contribution in [0.1, 0.15) is 49.1 Å². The summed E-state index contributed by atoms with van der Waals surface area (Å²) in [5, 5.41) is 18.3. The summed E-state index contributed by atoms with van der Waals surface area (Å²) in [6, 6.07) is 6.50. The second-order valence-electron chi connectivity index (χ2n) is 6.45. The normalized spacial score (nSPS) is 19.7. The van der Waals surface area contributed by atoms with Crippen LogP contribution in [0.3, 0.4) is 0 Å². The number of hydrogen-bond acceptors (Lipinski definition) is 5. The zero-order chi connectivity index (χ0) is 16.9. The molecule has 5 nitrogen and oxygen atoms in total. The van der Waals surface area contributed by atoms with Gasteiger partial charge in [0.25, 0.3) is 0 Å². The molecular formula is C18H24FN3O2. The molecule has 3 rings (SSSR count). The minimum absolute atomic E-state index is 0.273. The first-order chi connectivity index (χ1) is 11.6. The molecule has 0 spiro atoms. The SMILES string of the molecule is Cc1nnc(CCCN2CCCC2CC(O)c2ccc(F)cc2)o1. The quantitative estimate of drug-likeness (QED) is 0.844. The number of aryl methyl sites for hydroxylation is 2. The highest BCUT2D eigenvalue weighted by Gasteiger charge is 2.26. The van der Waals surface area contributed by atoms with Crippen molar-refractivity contribution in [3.63, 3.8) is 0 Å². The summed E-state index contributed by atoms with van der Waals surface area (Å²) in [4.78, 5) is 2.43. The van der Waals surface area contributed by atoms with E-state index in [1.165, 1.54) is 12.1 Å². The van der Waals surface area contributed by atoms with Crippen molar-refractivity contribution in [2.24, 2.45) is 0 Å². The molecule has 1 aliphatic heterocycles. The van der Waals surface area contributed by atoms with Crippen molar-refractivity contribution in [1.29, 1.82) is 0 Å². The Morgan fingerprint density at radius 1 is 1.33 bits per heavy atom. The van der Waals surface area contributed by atoms with Gasteiger partial charge in [0, 0.05) is 19.4 Å². The third-order valence-electron chi connectivity index (χ3n) is 4.65. The zero-order valence-corrected chi connectivity index (χ0v) is 14.0. The summed E-state index contributed by atoms with van der Waals surface area (Å²) in [7, 11) is 0. The second kappa shape index (κ2) is 7.85. The van der Waals surface area contributed by atoms with Crippen LogP contribution in [0.15, 0.2) is 28.7 Å². The van der Waals surface area contributed by atoms with E-state index in [1.807, 2.05) is 0 Å². The zero-order valence-electron chi connectivity index (χ0n) is 14.0. The van der Waals surface area contributed by atoms with E-state index < -0.39 is 6.10 Å². The number of rotatable bonds is 7. The van der Waals surface area contributed by atoms with Gasteiger partial charge in [-0.25, -0.2) is 4.39 Å². The van der Waals surface area contributed by atoms with Gasteiger partial charge in [0.2, 0.25) is 11.8 Å². The molecule has 1 fully saturated rings. The molecule has 2 unspecified atom stereocenters. The molecule has 6 heteroatoms.